The van der Waals surface area contributed by atoms with Crippen molar-refractivity contribution in [2.45, 2.75) is 33.2 Å². The van der Waals surface area contributed by atoms with Crippen LogP contribution in [0.2, 0.25) is 0 Å². The van der Waals surface area contributed by atoms with Crippen molar-refractivity contribution >= 4 is 23.5 Å². The van der Waals surface area contributed by atoms with E-state index in [1.165, 1.54) is 19.1 Å². The molecule has 7 heteroatoms. The number of amides is 2. The maximum atomic E-state index is 12.1. The van der Waals surface area contributed by atoms with Crippen molar-refractivity contribution in [3.8, 4) is 5.75 Å². The van der Waals surface area contributed by atoms with Gasteiger partial charge in [0.2, 0.25) is 5.91 Å². The third-order valence-corrected chi connectivity index (χ3v) is 4.08. The summed E-state index contributed by atoms with van der Waals surface area (Å²) in [5.41, 5.74) is 2.95. The second-order valence-electron chi connectivity index (χ2n) is 6.53. The lowest BCUT2D eigenvalue weighted by atomic mass is 10.1. The molecule has 0 fully saturated rings. The first-order valence-corrected chi connectivity index (χ1v) is 8.90. The summed E-state index contributed by atoms with van der Waals surface area (Å²) < 4.78 is 5.67. The van der Waals surface area contributed by atoms with Gasteiger partial charge in [0.15, 0.2) is 0 Å². The highest BCUT2D eigenvalue weighted by molar-refractivity contribution is 5.97. The fourth-order valence-electron chi connectivity index (χ4n) is 2.39. The van der Waals surface area contributed by atoms with Crippen LogP contribution >= 0.6 is 0 Å². The first kappa shape index (κ1) is 21.0. The van der Waals surface area contributed by atoms with Crippen LogP contribution in [-0.2, 0) is 9.59 Å². The van der Waals surface area contributed by atoms with E-state index in [9.17, 15) is 14.4 Å². The molecule has 2 rings (SSSR count). The van der Waals surface area contributed by atoms with Gasteiger partial charge in [-0.2, -0.15) is 0 Å². The Morgan fingerprint density at radius 2 is 1.75 bits per heavy atom. The Morgan fingerprint density at radius 1 is 1.07 bits per heavy atom. The van der Waals surface area contributed by atoms with Gasteiger partial charge in [-0.25, -0.2) is 0 Å². The average molecular weight is 384 g/mol. The van der Waals surface area contributed by atoms with Crippen LogP contribution in [-0.4, -0.2) is 35.5 Å². The highest BCUT2D eigenvalue weighted by atomic mass is 16.5. The molecule has 28 heavy (non-hydrogen) atoms. The maximum absolute atomic E-state index is 12.1. The molecule has 0 bridgehead atoms. The number of rotatable bonds is 8. The van der Waals surface area contributed by atoms with Gasteiger partial charge in [-0.15, -0.1) is 0 Å². The van der Waals surface area contributed by atoms with Gasteiger partial charge >= 0.3 is 5.97 Å². The first-order chi connectivity index (χ1) is 13.3. The molecule has 0 aliphatic carbocycles. The van der Waals surface area contributed by atoms with Crippen LogP contribution in [0.1, 0.15) is 34.8 Å². The SMILES string of the molecule is Cc1ccc(C)c(OCCC(=O)Nc2ccc(C(=O)NC(C)C(=O)O)cc2)c1. The summed E-state index contributed by atoms with van der Waals surface area (Å²) in [5, 5.41) is 13.9. The summed E-state index contributed by atoms with van der Waals surface area (Å²) in [6.45, 7) is 5.56. The molecule has 0 aliphatic heterocycles. The molecule has 2 amide bonds. The molecule has 148 valence electrons. The molecule has 0 saturated carbocycles. The second kappa shape index (κ2) is 9.55. The van der Waals surface area contributed by atoms with Gasteiger partial charge in [-0.1, -0.05) is 12.1 Å². The molecule has 0 saturated heterocycles. The monoisotopic (exact) mass is 384 g/mol. The van der Waals surface area contributed by atoms with Crippen LogP contribution in [0, 0.1) is 13.8 Å². The van der Waals surface area contributed by atoms with Gasteiger partial charge in [0.05, 0.1) is 13.0 Å². The lowest BCUT2D eigenvalue weighted by molar-refractivity contribution is -0.138. The van der Waals surface area contributed by atoms with Crippen molar-refractivity contribution in [1.29, 1.82) is 0 Å². The minimum atomic E-state index is -1.11. The number of ether oxygens (including phenoxy) is 1. The third kappa shape index (κ3) is 6.12. The molecule has 2 aromatic carbocycles. The van der Waals surface area contributed by atoms with Crippen molar-refractivity contribution in [2.24, 2.45) is 0 Å². The van der Waals surface area contributed by atoms with E-state index in [0.29, 0.717) is 11.3 Å². The zero-order valence-electron chi connectivity index (χ0n) is 16.1. The van der Waals surface area contributed by atoms with Crippen molar-refractivity contribution in [2.75, 3.05) is 11.9 Å². The molecule has 2 aromatic rings. The van der Waals surface area contributed by atoms with Crippen LogP contribution in [0.3, 0.4) is 0 Å². The lowest BCUT2D eigenvalue weighted by Gasteiger charge is -2.11. The van der Waals surface area contributed by atoms with E-state index in [1.54, 1.807) is 12.1 Å². The number of carbonyl (C=O) groups excluding carboxylic acids is 2. The smallest absolute Gasteiger partial charge is 0.325 e. The molecular weight excluding hydrogens is 360 g/mol. The Hall–Kier alpha value is -3.35. The zero-order valence-corrected chi connectivity index (χ0v) is 16.1. The largest absolute Gasteiger partial charge is 0.493 e. The summed E-state index contributed by atoms with van der Waals surface area (Å²) in [5.74, 6) is -1.05. The minimum absolute atomic E-state index is 0.186. The van der Waals surface area contributed by atoms with E-state index >= 15 is 0 Å². The summed E-state index contributed by atoms with van der Waals surface area (Å²) >= 11 is 0. The highest BCUT2D eigenvalue weighted by Crippen LogP contribution is 2.19. The van der Waals surface area contributed by atoms with Gasteiger partial charge < -0.3 is 20.5 Å². The number of anilines is 1. The van der Waals surface area contributed by atoms with Crippen molar-refractivity contribution in [3.63, 3.8) is 0 Å². The van der Waals surface area contributed by atoms with Crippen LogP contribution < -0.4 is 15.4 Å². The van der Waals surface area contributed by atoms with E-state index in [0.717, 1.165) is 16.9 Å². The predicted molar refractivity (Wildman–Crippen MR) is 106 cm³/mol. The second-order valence-corrected chi connectivity index (χ2v) is 6.53. The van der Waals surface area contributed by atoms with E-state index in [1.807, 2.05) is 32.0 Å². The van der Waals surface area contributed by atoms with Crippen LogP contribution in [0.5, 0.6) is 5.75 Å². The number of hydrogen-bond acceptors (Lipinski definition) is 4. The number of hydrogen-bond donors (Lipinski definition) is 3. The van der Waals surface area contributed by atoms with Crippen LogP contribution in [0.15, 0.2) is 42.5 Å². The zero-order chi connectivity index (χ0) is 20.7. The topological polar surface area (TPSA) is 105 Å². The summed E-state index contributed by atoms with van der Waals surface area (Å²) in [6.07, 6.45) is 0.186. The predicted octanol–water partition coefficient (Wildman–Crippen LogP) is 2.91. The first-order valence-electron chi connectivity index (χ1n) is 8.90. The third-order valence-electron chi connectivity index (χ3n) is 4.08. The van der Waals surface area contributed by atoms with Gasteiger partial charge in [-0.3, -0.25) is 14.4 Å². The average Bonchev–Trinajstić information content (AvgIpc) is 2.65. The molecule has 0 radical (unpaired) electrons. The number of nitrogens with one attached hydrogen (secondary N) is 2. The van der Waals surface area contributed by atoms with E-state index < -0.39 is 17.9 Å². The number of carboxylic acid groups (broad SMARTS) is 1. The number of carboxylic acids is 1. The highest BCUT2D eigenvalue weighted by Gasteiger charge is 2.15. The summed E-state index contributed by atoms with van der Waals surface area (Å²) in [4.78, 5) is 34.8. The fraction of sp³-hybridized carbons (Fsp3) is 0.286. The van der Waals surface area contributed by atoms with Crippen LogP contribution in [0.25, 0.3) is 0 Å². The molecule has 0 aromatic heterocycles. The maximum Gasteiger partial charge on any atom is 0.325 e. The number of aliphatic carboxylic acids is 1. The number of aryl methyl sites for hydroxylation is 2. The normalized spacial score (nSPS) is 11.4. The van der Waals surface area contributed by atoms with Crippen molar-refractivity contribution < 1.29 is 24.2 Å². The molecule has 0 heterocycles. The Morgan fingerprint density at radius 3 is 2.39 bits per heavy atom. The Bertz CT molecular complexity index is 862. The fourth-order valence-corrected chi connectivity index (χ4v) is 2.39. The Labute approximate surface area is 163 Å². The molecule has 0 aliphatic rings. The molecule has 3 N–H and O–H groups in total. The molecule has 1 atom stereocenters. The molecular formula is C21H24N2O5. The van der Waals surface area contributed by atoms with Gasteiger partial charge in [0.1, 0.15) is 11.8 Å². The van der Waals surface area contributed by atoms with E-state index in [4.69, 9.17) is 9.84 Å². The van der Waals surface area contributed by atoms with Crippen molar-refractivity contribution in [3.05, 3.63) is 59.2 Å². The van der Waals surface area contributed by atoms with E-state index in [2.05, 4.69) is 10.6 Å². The van der Waals surface area contributed by atoms with E-state index in [-0.39, 0.29) is 18.9 Å². The minimum Gasteiger partial charge on any atom is -0.493 e. The van der Waals surface area contributed by atoms with Gasteiger partial charge in [0, 0.05) is 11.3 Å². The quantitative estimate of drug-likeness (QED) is 0.649. The Balaban J connectivity index is 1.83. The Kier molecular flexibility index (Phi) is 7.14. The van der Waals surface area contributed by atoms with Gasteiger partial charge in [-0.05, 0) is 62.2 Å². The molecule has 7 nitrogen and oxygen atoms in total. The summed E-state index contributed by atoms with van der Waals surface area (Å²) in [6, 6.07) is 11.1. The molecule has 0 spiro atoms. The molecule has 1 unspecified atom stereocenters. The van der Waals surface area contributed by atoms with Crippen LogP contribution in [0.4, 0.5) is 5.69 Å². The van der Waals surface area contributed by atoms with Crippen molar-refractivity contribution in [1.82, 2.24) is 5.32 Å². The lowest BCUT2D eigenvalue weighted by Crippen LogP contribution is -2.38. The van der Waals surface area contributed by atoms with Gasteiger partial charge in [0.25, 0.3) is 5.91 Å². The summed E-state index contributed by atoms with van der Waals surface area (Å²) in [7, 11) is 0. The number of benzene rings is 2. The standard InChI is InChI=1S/C21H24N2O5/c1-13-4-5-14(2)18(12-13)28-11-10-19(24)23-17-8-6-16(7-9-17)20(25)22-15(3)21(26)27/h4-9,12,15H,10-11H2,1-3H3,(H,22,25)(H,23,24)(H,26,27). The number of carbonyl (C=O) groups is 3.